The van der Waals surface area contributed by atoms with Gasteiger partial charge in [-0.05, 0) is 13.2 Å². The summed E-state index contributed by atoms with van der Waals surface area (Å²) in [6, 6.07) is 0.282. The molecule has 0 aromatic carbocycles. The van der Waals surface area contributed by atoms with Crippen LogP contribution in [-0.2, 0) is 4.74 Å². The molecule has 4 aliphatic heterocycles. The molecular weight excluding hydrogens is 411 g/mol. The highest BCUT2D eigenvalue weighted by molar-refractivity contribution is 8.43. The van der Waals surface area contributed by atoms with Crippen LogP contribution < -0.4 is 0 Å². The molecule has 9 heteroatoms. The summed E-state index contributed by atoms with van der Waals surface area (Å²) in [5, 5.41) is 0. The van der Waals surface area contributed by atoms with E-state index in [1.807, 2.05) is 70.6 Å². The summed E-state index contributed by atoms with van der Waals surface area (Å²) in [7, 11) is 0. The molecular formula is C13H13NOS7. The molecule has 0 fully saturated rings. The molecule has 22 heavy (non-hydrogen) atoms. The lowest BCUT2D eigenvalue weighted by Crippen LogP contribution is -2.01. The second-order valence-corrected chi connectivity index (χ2v) is 13.1. The van der Waals surface area contributed by atoms with Gasteiger partial charge in [-0.25, -0.2) is 4.99 Å². The monoisotopic (exact) mass is 423 g/mol. The normalized spacial score (nSPS) is 28.5. The molecule has 0 amide bonds. The lowest BCUT2D eigenvalue weighted by molar-refractivity contribution is 0.325. The van der Waals surface area contributed by atoms with E-state index in [2.05, 4.69) is 18.2 Å². The second kappa shape index (κ2) is 7.17. The molecule has 0 unspecified atom stereocenters. The van der Waals surface area contributed by atoms with Gasteiger partial charge in [0.1, 0.15) is 6.61 Å². The van der Waals surface area contributed by atoms with E-state index in [-0.39, 0.29) is 6.04 Å². The minimum Gasteiger partial charge on any atom is -0.475 e. The largest absolute Gasteiger partial charge is 0.475 e. The van der Waals surface area contributed by atoms with Gasteiger partial charge in [0, 0.05) is 11.5 Å². The Morgan fingerprint density at radius 3 is 2.27 bits per heavy atom. The average molecular weight is 424 g/mol. The lowest BCUT2D eigenvalue weighted by atomic mass is 10.4. The summed E-state index contributed by atoms with van der Waals surface area (Å²) in [5.41, 5.74) is 0. The van der Waals surface area contributed by atoms with Crippen LogP contribution in [0, 0.1) is 0 Å². The van der Waals surface area contributed by atoms with Gasteiger partial charge in [0.05, 0.1) is 32.1 Å². The van der Waals surface area contributed by atoms with Crippen molar-refractivity contribution >= 4 is 88.2 Å². The van der Waals surface area contributed by atoms with Gasteiger partial charge in [-0.3, -0.25) is 0 Å². The van der Waals surface area contributed by atoms with Crippen molar-refractivity contribution in [1.82, 2.24) is 0 Å². The topological polar surface area (TPSA) is 21.6 Å². The highest BCUT2D eigenvalue weighted by Crippen LogP contribution is 2.65. The summed E-state index contributed by atoms with van der Waals surface area (Å²) in [5.74, 6) is 3.32. The quantitative estimate of drug-likeness (QED) is 0.530. The third-order valence-corrected chi connectivity index (χ3v) is 13.1. The van der Waals surface area contributed by atoms with Crippen molar-refractivity contribution in [3.63, 3.8) is 0 Å². The number of thioether (sulfide) groups is 7. The third kappa shape index (κ3) is 3.28. The van der Waals surface area contributed by atoms with E-state index in [1.165, 1.54) is 37.6 Å². The first-order valence-electron chi connectivity index (χ1n) is 6.69. The average Bonchev–Trinajstić information content (AvgIpc) is 3.23. The van der Waals surface area contributed by atoms with Gasteiger partial charge in [0.25, 0.3) is 0 Å². The van der Waals surface area contributed by atoms with Crippen LogP contribution in [0.3, 0.4) is 0 Å². The van der Waals surface area contributed by atoms with E-state index >= 15 is 0 Å². The highest BCUT2D eigenvalue weighted by atomic mass is 32.3. The zero-order chi connectivity index (χ0) is 15.1. The van der Waals surface area contributed by atoms with Crippen LogP contribution in [0.15, 0.2) is 31.1 Å². The Bertz CT molecular complexity index is 616. The smallest absolute Gasteiger partial charge is 0.225 e. The Morgan fingerprint density at radius 2 is 1.68 bits per heavy atom. The van der Waals surface area contributed by atoms with Gasteiger partial charge < -0.3 is 4.74 Å². The number of ether oxygens (including phenoxy) is 1. The molecule has 4 aliphatic rings. The first-order valence-corrected chi connectivity index (χ1v) is 13.2. The Hall–Kier alpha value is 1.14. The standard InChI is InChI=1S/C13H13NOS7/c1-6-5-15-8(14-6)7-9(16-2)20-12(19-7)13-21-10-11(22-13)18-4-3-17-10/h6H,3-5H2,1-2H3/t6-/m0/s1. The van der Waals surface area contributed by atoms with Crippen molar-refractivity contribution in [2.24, 2.45) is 4.99 Å². The van der Waals surface area contributed by atoms with Crippen LogP contribution >= 0.6 is 82.3 Å². The zero-order valence-corrected chi connectivity index (χ0v) is 17.6. The highest BCUT2D eigenvalue weighted by Gasteiger charge is 2.34. The van der Waals surface area contributed by atoms with Crippen molar-refractivity contribution < 1.29 is 4.74 Å². The van der Waals surface area contributed by atoms with E-state index in [1.54, 1.807) is 11.8 Å². The van der Waals surface area contributed by atoms with Gasteiger partial charge in [-0.1, -0.05) is 47.0 Å². The molecule has 0 aromatic heterocycles. The molecule has 0 aromatic rings. The van der Waals surface area contributed by atoms with E-state index in [0.29, 0.717) is 6.61 Å². The van der Waals surface area contributed by atoms with Crippen LogP contribution in [0.25, 0.3) is 0 Å². The summed E-state index contributed by atoms with van der Waals surface area (Å²) in [6.45, 7) is 2.82. The van der Waals surface area contributed by atoms with Crippen molar-refractivity contribution in [3.05, 3.63) is 26.1 Å². The molecule has 0 saturated heterocycles. The molecule has 0 saturated carbocycles. The fourth-order valence-electron chi connectivity index (χ4n) is 2.03. The van der Waals surface area contributed by atoms with Crippen LogP contribution in [-0.4, -0.2) is 36.3 Å². The molecule has 1 atom stereocenters. The predicted molar refractivity (Wildman–Crippen MR) is 113 cm³/mol. The number of nitrogens with zero attached hydrogens (tertiary/aromatic N) is 1. The molecule has 118 valence electrons. The minimum absolute atomic E-state index is 0.282. The summed E-state index contributed by atoms with van der Waals surface area (Å²) < 4.78 is 13.0. The van der Waals surface area contributed by atoms with Gasteiger partial charge in [-0.15, -0.1) is 35.3 Å². The van der Waals surface area contributed by atoms with Crippen molar-refractivity contribution in [2.75, 3.05) is 24.4 Å². The van der Waals surface area contributed by atoms with Gasteiger partial charge in [-0.2, -0.15) is 0 Å². The Labute approximate surface area is 160 Å². The zero-order valence-electron chi connectivity index (χ0n) is 11.9. The van der Waals surface area contributed by atoms with E-state index in [0.717, 1.165) is 5.90 Å². The number of aliphatic imine (C=N–C) groups is 1. The maximum atomic E-state index is 5.78. The molecule has 4 heterocycles. The molecule has 0 aliphatic carbocycles. The molecule has 0 spiro atoms. The third-order valence-electron chi connectivity index (χ3n) is 3.00. The Kier molecular flexibility index (Phi) is 5.41. The Balaban J connectivity index is 1.55. The number of hydrogen-bond donors (Lipinski definition) is 0. The molecule has 4 rings (SSSR count). The molecule has 0 N–H and O–H groups in total. The van der Waals surface area contributed by atoms with Crippen LogP contribution in [0.4, 0.5) is 0 Å². The molecule has 2 nitrogen and oxygen atoms in total. The lowest BCUT2D eigenvalue weighted by Gasteiger charge is -2.08. The number of rotatable bonds is 2. The van der Waals surface area contributed by atoms with Crippen LogP contribution in [0.5, 0.6) is 0 Å². The van der Waals surface area contributed by atoms with E-state index in [9.17, 15) is 0 Å². The fourth-order valence-corrected chi connectivity index (χ4v) is 11.9. The van der Waals surface area contributed by atoms with Crippen molar-refractivity contribution in [2.45, 2.75) is 13.0 Å². The summed E-state index contributed by atoms with van der Waals surface area (Å²) in [6.07, 6.45) is 2.14. The first kappa shape index (κ1) is 16.6. The van der Waals surface area contributed by atoms with Crippen LogP contribution in [0.2, 0.25) is 0 Å². The predicted octanol–water partition coefficient (Wildman–Crippen LogP) is 6.03. The minimum atomic E-state index is 0.282. The summed E-state index contributed by atoms with van der Waals surface area (Å²) in [4.78, 5) is 5.85. The van der Waals surface area contributed by atoms with Gasteiger partial charge in [0.15, 0.2) is 0 Å². The Morgan fingerprint density at radius 1 is 1.00 bits per heavy atom. The van der Waals surface area contributed by atoms with E-state index < -0.39 is 0 Å². The molecule has 0 radical (unpaired) electrons. The van der Waals surface area contributed by atoms with Crippen molar-refractivity contribution in [1.29, 1.82) is 0 Å². The van der Waals surface area contributed by atoms with Gasteiger partial charge >= 0.3 is 0 Å². The van der Waals surface area contributed by atoms with Crippen LogP contribution in [0.1, 0.15) is 6.92 Å². The molecule has 0 bridgehead atoms. The second-order valence-electron chi connectivity index (χ2n) is 4.67. The van der Waals surface area contributed by atoms with Gasteiger partial charge in [0.2, 0.25) is 5.90 Å². The van der Waals surface area contributed by atoms with E-state index in [4.69, 9.17) is 4.74 Å². The summed E-state index contributed by atoms with van der Waals surface area (Å²) >= 11 is 13.5. The number of hydrogen-bond acceptors (Lipinski definition) is 9. The first-order chi connectivity index (χ1) is 10.7. The SMILES string of the molecule is CSC1=C(C2=N[C@@H](C)CO2)SC(=C2SC3=C(SCCS3)S2)S1. The maximum Gasteiger partial charge on any atom is 0.225 e. The van der Waals surface area contributed by atoms with Crippen molar-refractivity contribution in [3.8, 4) is 0 Å². The maximum absolute atomic E-state index is 5.78. The fraction of sp³-hybridized carbons (Fsp3) is 0.462.